The molecule has 2 aromatic rings. The van der Waals surface area contributed by atoms with Gasteiger partial charge in [-0.3, -0.25) is 0 Å². The second-order valence-corrected chi connectivity index (χ2v) is 5.49. The maximum atomic E-state index is 6.09. The number of para-hydroxylation sites is 1. The molecule has 0 aliphatic carbocycles. The Morgan fingerprint density at radius 2 is 1.76 bits per heavy atom. The van der Waals surface area contributed by atoms with E-state index in [-0.39, 0.29) is 5.41 Å². The summed E-state index contributed by atoms with van der Waals surface area (Å²) in [7, 11) is 3.38. The van der Waals surface area contributed by atoms with Gasteiger partial charge in [0.25, 0.3) is 0 Å². The van der Waals surface area contributed by atoms with Gasteiger partial charge in [-0.1, -0.05) is 37.3 Å². The highest BCUT2D eigenvalue weighted by Crippen LogP contribution is 2.32. The van der Waals surface area contributed by atoms with E-state index in [0.717, 1.165) is 23.5 Å². The van der Waals surface area contributed by atoms with Gasteiger partial charge in [-0.2, -0.15) is 0 Å². The molecule has 0 bridgehead atoms. The van der Waals surface area contributed by atoms with Crippen molar-refractivity contribution in [2.45, 2.75) is 18.8 Å². The first-order chi connectivity index (χ1) is 10.1. The zero-order valence-electron chi connectivity index (χ0n) is 12.9. The topological polar surface area (TPSA) is 44.5 Å². The zero-order chi connectivity index (χ0) is 15.3. The second kappa shape index (κ2) is 6.64. The number of methoxy groups -OCH3 is 2. The fourth-order valence-electron chi connectivity index (χ4n) is 2.56. The van der Waals surface area contributed by atoms with Gasteiger partial charge in [-0.05, 0) is 35.7 Å². The molecule has 21 heavy (non-hydrogen) atoms. The summed E-state index contributed by atoms with van der Waals surface area (Å²) in [5, 5.41) is 0. The minimum Gasteiger partial charge on any atom is -0.497 e. The van der Waals surface area contributed by atoms with Crippen molar-refractivity contribution in [1.29, 1.82) is 0 Å². The van der Waals surface area contributed by atoms with E-state index in [0.29, 0.717) is 6.54 Å². The van der Waals surface area contributed by atoms with Crippen LogP contribution in [0.1, 0.15) is 18.1 Å². The molecule has 0 saturated heterocycles. The second-order valence-electron chi connectivity index (χ2n) is 5.49. The smallest absolute Gasteiger partial charge is 0.122 e. The summed E-state index contributed by atoms with van der Waals surface area (Å²) >= 11 is 0. The van der Waals surface area contributed by atoms with Crippen molar-refractivity contribution in [3.8, 4) is 11.5 Å². The van der Waals surface area contributed by atoms with Gasteiger partial charge in [0, 0.05) is 12.0 Å². The van der Waals surface area contributed by atoms with E-state index in [2.05, 4.69) is 25.1 Å². The molecule has 0 amide bonds. The average Bonchev–Trinajstić information content (AvgIpc) is 2.55. The normalized spacial score (nSPS) is 13.5. The highest BCUT2D eigenvalue weighted by atomic mass is 16.5. The van der Waals surface area contributed by atoms with Crippen molar-refractivity contribution < 1.29 is 9.47 Å². The average molecular weight is 285 g/mol. The lowest BCUT2D eigenvalue weighted by Gasteiger charge is -2.29. The lowest BCUT2D eigenvalue weighted by molar-refractivity contribution is 0.396. The van der Waals surface area contributed by atoms with Gasteiger partial charge < -0.3 is 15.2 Å². The summed E-state index contributed by atoms with van der Waals surface area (Å²) in [5.41, 5.74) is 8.26. The van der Waals surface area contributed by atoms with Crippen LogP contribution in [0, 0.1) is 0 Å². The predicted octanol–water partition coefficient (Wildman–Crippen LogP) is 3.16. The summed E-state index contributed by atoms with van der Waals surface area (Å²) in [6.45, 7) is 2.73. The maximum Gasteiger partial charge on any atom is 0.122 e. The molecule has 1 atom stereocenters. The van der Waals surface area contributed by atoms with E-state index >= 15 is 0 Å². The molecule has 0 aliphatic rings. The highest BCUT2D eigenvalue weighted by molar-refractivity contribution is 5.39. The zero-order valence-corrected chi connectivity index (χ0v) is 12.9. The molecule has 2 rings (SSSR count). The van der Waals surface area contributed by atoms with Gasteiger partial charge in [0.05, 0.1) is 14.2 Å². The standard InChI is InChI=1S/C18H23NO2/c1-18(13-19,15-8-6-9-16(11-15)20-2)12-14-7-4-5-10-17(14)21-3/h4-11H,12-13,19H2,1-3H3. The van der Waals surface area contributed by atoms with Crippen molar-refractivity contribution in [3.05, 3.63) is 59.7 Å². The van der Waals surface area contributed by atoms with E-state index in [1.165, 1.54) is 5.56 Å². The van der Waals surface area contributed by atoms with Gasteiger partial charge in [-0.25, -0.2) is 0 Å². The van der Waals surface area contributed by atoms with Gasteiger partial charge in [-0.15, -0.1) is 0 Å². The lowest BCUT2D eigenvalue weighted by Crippen LogP contribution is -2.34. The van der Waals surface area contributed by atoms with Crippen molar-refractivity contribution in [3.63, 3.8) is 0 Å². The Kier molecular flexibility index (Phi) is 4.86. The minimum atomic E-state index is -0.164. The Hall–Kier alpha value is -2.00. The van der Waals surface area contributed by atoms with E-state index in [1.807, 2.05) is 30.3 Å². The highest BCUT2D eigenvalue weighted by Gasteiger charge is 2.27. The molecule has 0 fully saturated rings. The molecule has 0 saturated carbocycles. The van der Waals surface area contributed by atoms with Gasteiger partial charge in [0.2, 0.25) is 0 Å². The quantitative estimate of drug-likeness (QED) is 0.886. The van der Waals surface area contributed by atoms with Gasteiger partial charge in [0.15, 0.2) is 0 Å². The Morgan fingerprint density at radius 3 is 2.43 bits per heavy atom. The van der Waals surface area contributed by atoms with Crippen molar-refractivity contribution in [2.24, 2.45) is 5.73 Å². The molecule has 0 heterocycles. The third-order valence-corrected chi connectivity index (χ3v) is 3.99. The fraction of sp³-hybridized carbons (Fsp3) is 0.333. The first-order valence-corrected chi connectivity index (χ1v) is 7.09. The van der Waals surface area contributed by atoms with Crippen molar-refractivity contribution >= 4 is 0 Å². The van der Waals surface area contributed by atoms with Crippen LogP contribution < -0.4 is 15.2 Å². The summed E-state index contributed by atoms with van der Waals surface area (Å²) in [6.07, 6.45) is 0.820. The molecule has 0 aliphatic heterocycles. The minimum absolute atomic E-state index is 0.164. The molecule has 1 unspecified atom stereocenters. The number of hydrogen-bond acceptors (Lipinski definition) is 3. The van der Waals surface area contributed by atoms with Crippen molar-refractivity contribution in [2.75, 3.05) is 20.8 Å². The third kappa shape index (κ3) is 3.37. The van der Waals surface area contributed by atoms with Crippen LogP contribution in [0.15, 0.2) is 48.5 Å². The summed E-state index contributed by atoms with van der Waals surface area (Å²) in [6, 6.07) is 16.2. The fourth-order valence-corrected chi connectivity index (χ4v) is 2.56. The largest absolute Gasteiger partial charge is 0.497 e. The van der Waals surface area contributed by atoms with Crippen LogP contribution >= 0.6 is 0 Å². The lowest BCUT2D eigenvalue weighted by atomic mass is 9.77. The van der Waals surface area contributed by atoms with Crippen LogP contribution in [0.3, 0.4) is 0 Å². The van der Waals surface area contributed by atoms with E-state index < -0.39 is 0 Å². The Balaban J connectivity index is 2.36. The van der Waals surface area contributed by atoms with Crippen LogP contribution in [0.5, 0.6) is 11.5 Å². The maximum absolute atomic E-state index is 6.09. The van der Waals surface area contributed by atoms with Crippen molar-refractivity contribution in [1.82, 2.24) is 0 Å². The molecule has 3 nitrogen and oxygen atoms in total. The van der Waals surface area contributed by atoms with Crippen LogP contribution in [0.25, 0.3) is 0 Å². The molecule has 2 N–H and O–H groups in total. The Morgan fingerprint density at radius 1 is 1.00 bits per heavy atom. The molecule has 3 heteroatoms. The molecular weight excluding hydrogens is 262 g/mol. The van der Waals surface area contributed by atoms with Crippen LogP contribution in [-0.4, -0.2) is 20.8 Å². The van der Waals surface area contributed by atoms with Crippen LogP contribution in [-0.2, 0) is 11.8 Å². The SMILES string of the molecule is COc1cccc(C(C)(CN)Cc2ccccc2OC)c1. The summed E-state index contributed by atoms with van der Waals surface area (Å²) in [5.74, 6) is 1.76. The van der Waals surface area contributed by atoms with E-state index in [9.17, 15) is 0 Å². The number of benzene rings is 2. The van der Waals surface area contributed by atoms with Crippen LogP contribution in [0.2, 0.25) is 0 Å². The molecule has 0 radical (unpaired) electrons. The number of ether oxygens (including phenoxy) is 2. The van der Waals surface area contributed by atoms with Crippen LogP contribution in [0.4, 0.5) is 0 Å². The van der Waals surface area contributed by atoms with E-state index in [1.54, 1.807) is 14.2 Å². The molecule has 112 valence electrons. The Labute approximate surface area is 126 Å². The number of nitrogens with two attached hydrogens (primary N) is 1. The first kappa shape index (κ1) is 15.4. The molecular formula is C18H23NO2. The van der Waals surface area contributed by atoms with Gasteiger partial charge >= 0.3 is 0 Å². The first-order valence-electron chi connectivity index (χ1n) is 7.09. The Bertz CT molecular complexity index is 597. The number of hydrogen-bond donors (Lipinski definition) is 1. The molecule has 2 aromatic carbocycles. The molecule has 0 spiro atoms. The third-order valence-electron chi connectivity index (χ3n) is 3.99. The van der Waals surface area contributed by atoms with E-state index in [4.69, 9.17) is 15.2 Å². The molecule has 0 aromatic heterocycles. The predicted molar refractivity (Wildman–Crippen MR) is 86.1 cm³/mol. The number of rotatable bonds is 6. The summed E-state index contributed by atoms with van der Waals surface area (Å²) in [4.78, 5) is 0. The van der Waals surface area contributed by atoms with Gasteiger partial charge in [0.1, 0.15) is 11.5 Å². The summed E-state index contributed by atoms with van der Waals surface area (Å²) < 4.78 is 10.8. The monoisotopic (exact) mass is 285 g/mol.